The molecule has 2 aliphatic heterocycles. The molecule has 0 amide bonds. The highest BCUT2D eigenvalue weighted by molar-refractivity contribution is 5.89. The fourth-order valence-electron chi connectivity index (χ4n) is 12.2. The van der Waals surface area contributed by atoms with Gasteiger partial charge in [-0.3, -0.25) is 9.59 Å². The molecular weight excluding hydrogens is 805 g/mol. The van der Waals surface area contributed by atoms with Crippen LogP contribution in [0, 0.1) is 46.3 Å². The van der Waals surface area contributed by atoms with Gasteiger partial charge in [-0.15, -0.1) is 0 Å². The molecule has 0 spiro atoms. The molecule has 0 radical (unpaired) electrons. The fourth-order valence-corrected chi connectivity index (χ4v) is 12.2. The number of hydrogen-bond acceptors (Lipinski definition) is 15. The summed E-state index contributed by atoms with van der Waals surface area (Å²) in [7, 11) is 1.49. The van der Waals surface area contributed by atoms with E-state index in [4.69, 9.17) is 33.2 Å². The Hall–Kier alpha value is -2.99. The third kappa shape index (κ3) is 9.26. The second-order valence-electron chi connectivity index (χ2n) is 19.5. The number of benzene rings is 1. The van der Waals surface area contributed by atoms with Crippen LogP contribution in [0.5, 0.6) is 5.75 Å². The molecule has 0 unspecified atom stereocenters. The number of rotatable bonds is 14. The van der Waals surface area contributed by atoms with E-state index in [0.29, 0.717) is 43.3 Å². The van der Waals surface area contributed by atoms with Gasteiger partial charge in [0, 0.05) is 31.8 Å². The Balaban J connectivity index is 1.16. The molecule has 6 aliphatic rings. The molecule has 15 nitrogen and oxygen atoms in total. The minimum Gasteiger partial charge on any atom is -0.497 e. The molecule has 7 rings (SSSR count). The zero-order valence-electron chi connectivity index (χ0n) is 36.9. The van der Waals surface area contributed by atoms with Crippen molar-refractivity contribution in [3.05, 3.63) is 41.5 Å². The Labute approximate surface area is 364 Å². The van der Waals surface area contributed by atoms with E-state index < -0.39 is 73.2 Å². The predicted molar refractivity (Wildman–Crippen MR) is 221 cm³/mol. The van der Waals surface area contributed by atoms with Crippen molar-refractivity contribution in [2.24, 2.45) is 46.3 Å². The van der Waals surface area contributed by atoms with Crippen LogP contribution < -0.4 is 4.74 Å². The highest BCUT2D eigenvalue weighted by atomic mass is 16.7. The minimum absolute atomic E-state index is 0.00603. The first kappa shape index (κ1) is 47.0. The van der Waals surface area contributed by atoms with Gasteiger partial charge in [-0.25, -0.2) is 4.79 Å². The number of fused-ring (bicyclic) bond motifs is 5. The van der Waals surface area contributed by atoms with Crippen LogP contribution in [0.2, 0.25) is 0 Å². The van der Waals surface area contributed by atoms with Gasteiger partial charge in [-0.1, -0.05) is 39.3 Å². The van der Waals surface area contributed by atoms with Crippen molar-refractivity contribution in [2.45, 2.75) is 154 Å². The van der Waals surface area contributed by atoms with Gasteiger partial charge in [-0.05, 0) is 110 Å². The van der Waals surface area contributed by atoms with Gasteiger partial charge in [0.05, 0.1) is 38.1 Å². The second-order valence-corrected chi connectivity index (χ2v) is 19.5. The molecule has 1 aromatic rings. The number of ketones is 1. The molecule has 3 saturated carbocycles. The summed E-state index contributed by atoms with van der Waals surface area (Å²) in [5.74, 6) is -0.711. The highest BCUT2D eigenvalue weighted by Crippen LogP contribution is 2.68. The van der Waals surface area contributed by atoms with Gasteiger partial charge in [0.15, 0.2) is 24.8 Å². The van der Waals surface area contributed by atoms with Crippen LogP contribution in [-0.4, -0.2) is 132 Å². The molecule has 5 N–H and O–H groups in total. The van der Waals surface area contributed by atoms with Gasteiger partial charge in [-0.2, -0.15) is 0 Å². The summed E-state index contributed by atoms with van der Waals surface area (Å²) in [6, 6.07) is 6.09. The van der Waals surface area contributed by atoms with E-state index in [1.54, 1.807) is 12.1 Å². The van der Waals surface area contributed by atoms with Crippen molar-refractivity contribution in [1.82, 2.24) is 0 Å². The van der Waals surface area contributed by atoms with E-state index >= 15 is 0 Å². The molecule has 15 heteroatoms. The van der Waals surface area contributed by atoms with E-state index in [0.717, 1.165) is 32.1 Å². The van der Waals surface area contributed by atoms with Crippen LogP contribution in [0.3, 0.4) is 0 Å². The zero-order chi connectivity index (χ0) is 44.7. The van der Waals surface area contributed by atoms with Crippen LogP contribution >= 0.6 is 0 Å². The number of carbonyl (C=O) groups excluding carboxylic acids is 3. The quantitative estimate of drug-likeness (QED) is 0.132. The fraction of sp³-hybridized carbons (Fsp3) is 0.766. The maximum Gasteiger partial charge on any atom is 0.338 e. The van der Waals surface area contributed by atoms with E-state index in [9.17, 15) is 39.9 Å². The van der Waals surface area contributed by atoms with E-state index in [2.05, 4.69) is 19.9 Å². The van der Waals surface area contributed by atoms with Crippen molar-refractivity contribution in [3.63, 3.8) is 0 Å². The first-order chi connectivity index (χ1) is 29.5. The van der Waals surface area contributed by atoms with Crippen molar-refractivity contribution < 1.29 is 73.1 Å². The summed E-state index contributed by atoms with van der Waals surface area (Å²) in [5, 5.41) is 53.4. The smallest absolute Gasteiger partial charge is 0.338 e. The molecule has 5 fully saturated rings. The van der Waals surface area contributed by atoms with Gasteiger partial charge < -0.3 is 58.7 Å². The molecule has 1 aromatic carbocycles. The predicted octanol–water partition coefficient (Wildman–Crippen LogP) is 3.88. The zero-order valence-corrected chi connectivity index (χ0v) is 36.9. The maximum absolute atomic E-state index is 14.1. The summed E-state index contributed by atoms with van der Waals surface area (Å²) < 4.78 is 42.0. The Morgan fingerprint density at radius 3 is 2.24 bits per heavy atom. The standard InChI is InChI=1S/C47H68O15/c1-24(21-48)7-14-34(51)25(2)38-37(20-33-31-13-10-28-19-29(50)15-17-46(28,4)32(31)16-18-47(33,38)5)60-45-42(59-26(3)49)40(36(53)23-58-45)62-44-41(39(54)35(52)22-57-44)61-43(55)27-8-11-30(56-6)12-9-27/h8-12,24-25,29,31-33,35-42,44-45,48,50,52-54H,7,13-23H2,1-6H3/t24-,25-,29+,31-,32+,33+,35-,36-,37+,38+,39+,40+,41-,42-,44+,45+,46+,47+/m1/s1. The summed E-state index contributed by atoms with van der Waals surface area (Å²) in [6.07, 6.45) is -3.36. The van der Waals surface area contributed by atoms with Gasteiger partial charge in [0.2, 0.25) is 0 Å². The summed E-state index contributed by atoms with van der Waals surface area (Å²) in [4.78, 5) is 40.2. The first-order valence-corrected chi connectivity index (χ1v) is 22.6. The van der Waals surface area contributed by atoms with Gasteiger partial charge in [0.1, 0.15) is 35.9 Å². The van der Waals surface area contributed by atoms with Crippen LogP contribution in [0.4, 0.5) is 0 Å². The summed E-state index contributed by atoms with van der Waals surface area (Å²) in [5.41, 5.74) is 1.18. The molecule has 4 aliphatic carbocycles. The third-order valence-electron chi connectivity index (χ3n) is 15.7. The van der Waals surface area contributed by atoms with E-state index in [1.165, 1.54) is 31.7 Å². The Morgan fingerprint density at radius 1 is 0.871 bits per heavy atom. The second kappa shape index (κ2) is 19.2. The Kier molecular flexibility index (Phi) is 14.6. The number of methoxy groups -OCH3 is 1. The SMILES string of the molecule is COc1ccc(C(=O)O[C@H]2[C@H](O[C@@H]3[C@@H](OC(C)=O)[C@H](O[C@H]4C[C@H]5[C@@H]6CC=C7C[C@@H](O)CC[C@]7(C)[C@H]6CC[C@]5(C)[C@H]4[C@H](C)C(=O)CC[C@@H](C)CO)OC[C@H]3O)OC[C@@H](O)[C@@H]2O)cc1. The lowest BCUT2D eigenvalue weighted by Crippen LogP contribution is -2.62. The number of esters is 2. The van der Waals surface area contributed by atoms with Crippen LogP contribution in [0.15, 0.2) is 35.9 Å². The van der Waals surface area contributed by atoms with E-state index in [1.807, 2.05) is 13.8 Å². The van der Waals surface area contributed by atoms with E-state index in [-0.39, 0.29) is 65.9 Å². The molecular formula is C47H68O15. The van der Waals surface area contributed by atoms with Crippen molar-refractivity contribution in [2.75, 3.05) is 26.9 Å². The van der Waals surface area contributed by atoms with Crippen molar-refractivity contribution in [3.8, 4) is 5.75 Å². The summed E-state index contributed by atoms with van der Waals surface area (Å²) in [6.45, 7) is 9.08. The van der Waals surface area contributed by atoms with Crippen LogP contribution in [0.1, 0.15) is 103 Å². The lowest BCUT2D eigenvalue weighted by atomic mass is 9.47. The third-order valence-corrected chi connectivity index (χ3v) is 15.7. The number of aliphatic hydroxyl groups excluding tert-OH is 5. The average molecular weight is 873 g/mol. The number of ether oxygens (including phenoxy) is 7. The van der Waals surface area contributed by atoms with Crippen molar-refractivity contribution >= 4 is 17.7 Å². The molecule has 0 bridgehead atoms. The van der Waals surface area contributed by atoms with Crippen LogP contribution in [0.25, 0.3) is 0 Å². The number of aliphatic hydroxyl groups is 5. The van der Waals surface area contributed by atoms with Crippen LogP contribution in [-0.2, 0) is 38.0 Å². The Bertz CT molecular complexity index is 1770. The topological polar surface area (TPSA) is 217 Å². The molecule has 346 valence electrons. The molecule has 62 heavy (non-hydrogen) atoms. The molecule has 0 aromatic heterocycles. The lowest BCUT2D eigenvalue weighted by molar-refractivity contribution is -0.340. The number of allylic oxidation sites excluding steroid dienone is 1. The largest absolute Gasteiger partial charge is 0.497 e. The maximum atomic E-state index is 14.1. The monoisotopic (exact) mass is 872 g/mol. The van der Waals surface area contributed by atoms with Gasteiger partial charge >= 0.3 is 11.9 Å². The average Bonchev–Trinajstić information content (AvgIpc) is 3.55. The highest BCUT2D eigenvalue weighted by Gasteiger charge is 2.64. The van der Waals surface area contributed by atoms with Crippen molar-refractivity contribution in [1.29, 1.82) is 0 Å². The number of Topliss-reactive ketones (excluding diaryl/α,β-unsaturated/α-hetero) is 1. The van der Waals surface area contributed by atoms with Gasteiger partial charge in [0.25, 0.3) is 0 Å². The lowest BCUT2D eigenvalue weighted by Gasteiger charge is -2.58. The normalized spacial score (nSPS) is 41.4. The molecule has 2 heterocycles. The molecule has 18 atom stereocenters. The summed E-state index contributed by atoms with van der Waals surface area (Å²) >= 11 is 0. The molecule has 2 saturated heterocycles. The minimum atomic E-state index is -1.63. The Morgan fingerprint density at radius 2 is 1.56 bits per heavy atom. The number of carbonyl (C=O) groups is 3. The number of hydrogen-bond donors (Lipinski definition) is 5. The first-order valence-electron chi connectivity index (χ1n) is 22.6.